The quantitative estimate of drug-likeness (QED) is 0.539. The molecule has 0 saturated heterocycles. The molecule has 2 atom stereocenters. The van der Waals surface area contributed by atoms with Gasteiger partial charge in [-0.2, -0.15) is 0 Å². The number of carbonyl (C=O) groups is 2. The van der Waals surface area contributed by atoms with Crippen LogP contribution in [0.25, 0.3) is 5.57 Å². The summed E-state index contributed by atoms with van der Waals surface area (Å²) in [5, 5.41) is 0. The highest BCUT2D eigenvalue weighted by Gasteiger charge is 2.40. The van der Waals surface area contributed by atoms with Gasteiger partial charge in [0.25, 0.3) is 0 Å². The Morgan fingerprint density at radius 3 is 2.41 bits per heavy atom. The molecule has 5 nitrogen and oxygen atoms in total. The molecule has 2 aromatic rings. The van der Waals surface area contributed by atoms with E-state index in [0.29, 0.717) is 17.9 Å². The fourth-order valence-electron chi connectivity index (χ4n) is 3.76. The molecule has 0 N–H and O–H groups in total. The number of methoxy groups -OCH3 is 2. The Labute approximate surface area is 171 Å². The molecule has 0 spiro atoms. The first-order valence-corrected chi connectivity index (χ1v) is 9.68. The molecule has 1 aliphatic rings. The van der Waals surface area contributed by atoms with Gasteiger partial charge in [-0.1, -0.05) is 29.8 Å². The van der Waals surface area contributed by atoms with Crippen LogP contribution in [0, 0.1) is 12.8 Å². The summed E-state index contributed by atoms with van der Waals surface area (Å²) in [7, 11) is 3.18. The lowest BCUT2D eigenvalue weighted by atomic mass is 9.73. The van der Waals surface area contributed by atoms with E-state index in [-0.39, 0.29) is 18.3 Å². The summed E-state index contributed by atoms with van der Waals surface area (Å²) in [4.78, 5) is 25.6. The molecule has 5 heteroatoms. The molecule has 0 radical (unpaired) electrons. The van der Waals surface area contributed by atoms with Gasteiger partial charge in [0.15, 0.2) is 5.78 Å². The van der Waals surface area contributed by atoms with Crippen molar-refractivity contribution in [1.29, 1.82) is 0 Å². The lowest BCUT2D eigenvalue weighted by Gasteiger charge is -2.30. The maximum absolute atomic E-state index is 13.0. The number of allylic oxidation sites excluding steroid dienone is 2. The van der Waals surface area contributed by atoms with Crippen LogP contribution in [0.1, 0.15) is 36.0 Å². The molecule has 0 bridgehead atoms. The van der Waals surface area contributed by atoms with Gasteiger partial charge in [-0.15, -0.1) is 0 Å². The van der Waals surface area contributed by atoms with Crippen LogP contribution in [0.3, 0.4) is 0 Å². The maximum Gasteiger partial charge on any atom is 0.317 e. The highest BCUT2D eigenvalue weighted by atomic mass is 16.5. The first-order valence-electron chi connectivity index (χ1n) is 9.68. The van der Waals surface area contributed by atoms with E-state index in [2.05, 4.69) is 0 Å². The van der Waals surface area contributed by atoms with Gasteiger partial charge >= 0.3 is 5.97 Å². The molecule has 0 fully saturated rings. The van der Waals surface area contributed by atoms with Crippen LogP contribution in [0.15, 0.2) is 48.5 Å². The van der Waals surface area contributed by atoms with Crippen molar-refractivity contribution in [3.05, 3.63) is 65.2 Å². The molecule has 0 unspecified atom stereocenters. The minimum absolute atomic E-state index is 0.242. The summed E-state index contributed by atoms with van der Waals surface area (Å²) in [6, 6.07) is 13.5. The van der Waals surface area contributed by atoms with E-state index < -0.39 is 11.9 Å². The molecule has 0 aliphatic heterocycles. The third-order valence-corrected chi connectivity index (χ3v) is 5.27. The van der Waals surface area contributed by atoms with Gasteiger partial charge in [0.05, 0.1) is 20.8 Å². The summed E-state index contributed by atoms with van der Waals surface area (Å²) in [5.74, 6) is -0.554. The monoisotopic (exact) mass is 394 g/mol. The van der Waals surface area contributed by atoms with Crippen LogP contribution < -0.4 is 9.47 Å². The summed E-state index contributed by atoms with van der Waals surface area (Å²) < 4.78 is 16.0. The van der Waals surface area contributed by atoms with E-state index >= 15 is 0 Å². The van der Waals surface area contributed by atoms with E-state index in [1.807, 2.05) is 43.3 Å². The van der Waals surface area contributed by atoms with Gasteiger partial charge in [0, 0.05) is 17.5 Å². The lowest BCUT2D eigenvalue weighted by molar-refractivity contribution is -0.151. The Balaban J connectivity index is 2.05. The standard InChI is InChI=1S/C24H26O5/c1-5-29-24(26)23-20(16-8-6-15(2)7-9-16)12-17(13-21(23)25)19-11-10-18(27-3)14-22(19)28-4/h6-11,13-14,20,23H,5,12H2,1-4H3/t20-,23+/m1/s1. The summed E-state index contributed by atoms with van der Waals surface area (Å²) in [6.45, 7) is 3.99. The fraction of sp³-hybridized carbons (Fsp3) is 0.333. The lowest BCUT2D eigenvalue weighted by Crippen LogP contribution is -2.34. The highest BCUT2D eigenvalue weighted by Crippen LogP contribution is 2.43. The van der Waals surface area contributed by atoms with E-state index in [1.54, 1.807) is 33.3 Å². The maximum atomic E-state index is 13.0. The molecule has 0 aromatic heterocycles. The summed E-state index contributed by atoms with van der Waals surface area (Å²) >= 11 is 0. The molecule has 0 saturated carbocycles. The average molecular weight is 394 g/mol. The van der Waals surface area contributed by atoms with Crippen molar-refractivity contribution < 1.29 is 23.8 Å². The van der Waals surface area contributed by atoms with Crippen molar-refractivity contribution in [3.63, 3.8) is 0 Å². The van der Waals surface area contributed by atoms with Crippen LogP contribution in [0.2, 0.25) is 0 Å². The summed E-state index contributed by atoms with van der Waals surface area (Å²) in [6.07, 6.45) is 2.08. The largest absolute Gasteiger partial charge is 0.497 e. The first kappa shape index (κ1) is 20.6. The van der Waals surface area contributed by atoms with Crippen molar-refractivity contribution in [2.75, 3.05) is 20.8 Å². The molecular formula is C24H26O5. The van der Waals surface area contributed by atoms with Crippen molar-refractivity contribution in [2.45, 2.75) is 26.2 Å². The number of benzene rings is 2. The highest BCUT2D eigenvalue weighted by molar-refractivity contribution is 6.11. The molecule has 0 heterocycles. The number of ether oxygens (including phenoxy) is 3. The smallest absolute Gasteiger partial charge is 0.317 e. The SMILES string of the molecule is CCOC(=O)[C@@H]1C(=O)C=C(c2ccc(OC)cc2OC)C[C@@H]1c1ccc(C)cc1. The number of rotatable bonds is 6. The molecule has 0 amide bonds. The molecule has 2 aromatic carbocycles. The van der Waals surface area contributed by atoms with Gasteiger partial charge in [-0.05, 0) is 49.6 Å². The zero-order valence-electron chi connectivity index (χ0n) is 17.2. The first-order chi connectivity index (χ1) is 14.0. The number of aryl methyl sites for hydroxylation is 1. The summed E-state index contributed by atoms with van der Waals surface area (Å²) in [5.41, 5.74) is 3.72. The van der Waals surface area contributed by atoms with Crippen molar-refractivity contribution in [2.24, 2.45) is 5.92 Å². The number of carbonyl (C=O) groups excluding carboxylic acids is 2. The van der Waals surface area contributed by atoms with E-state index in [9.17, 15) is 9.59 Å². The second-order valence-corrected chi connectivity index (χ2v) is 7.09. The van der Waals surface area contributed by atoms with Gasteiger partial charge in [0.1, 0.15) is 17.4 Å². The Bertz CT molecular complexity index is 927. The minimum Gasteiger partial charge on any atom is -0.497 e. The molecule has 29 heavy (non-hydrogen) atoms. The number of ketones is 1. The fourth-order valence-corrected chi connectivity index (χ4v) is 3.76. The Kier molecular flexibility index (Phi) is 6.37. The van der Waals surface area contributed by atoms with Gasteiger partial charge < -0.3 is 14.2 Å². The normalized spacial score (nSPS) is 18.8. The Hall–Kier alpha value is -3.08. The van der Waals surface area contributed by atoms with Crippen LogP contribution in [-0.4, -0.2) is 32.6 Å². The van der Waals surface area contributed by atoms with Crippen LogP contribution >= 0.6 is 0 Å². The molecule has 3 rings (SSSR count). The van der Waals surface area contributed by atoms with Gasteiger partial charge in [-0.25, -0.2) is 0 Å². The zero-order chi connectivity index (χ0) is 21.0. The molecule has 152 valence electrons. The van der Waals surface area contributed by atoms with Crippen LogP contribution in [0.4, 0.5) is 0 Å². The average Bonchev–Trinajstić information content (AvgIpc) is 2.73. The molecular weight excluding hydrogens is 368 g/mol. The van der Waals surface area contributed by atoms with E-state index in [1.165, 1.54) is 0 Å². The second-order valence-electron chi connectivity index (χ2n) is 7.09. The third kappa shape index (κ3) is 4.34. The van der Waals surface area contributed by atoms with E-state index in [0.717, 1.165) is 22.3 Å². The van der Waals surface area contributed by atoms with Gasteiger partial charge in [0.2, 0.25) is 0 Å². The van der Waals surface area contributed by atoms with Crippen molar-refractivity contribution in [3.8, 4) is 11.5 Å². The van der Waals surface area contributed by atoms with Gasteiger partial charge in [-0.3, -0.25) is 9.59 Å². The Morgan fingerprint density at radius 2 is 1.79 bits per heavy atom. The number of esters is 1. The second kappa shape index (κ2) is 8.95. The van der Waals surface area contributed by atoms with E-state index in [4.69, 9.17) is 14.2 Å². The van der Waals surface area contributed by atoms with Crippen LogP contribution in [-0.2, 0) is 14.3 Å². The van der Waals surface area contributed by atoms with Crippen molar-refractivity contribution >= 4 is 17.3 Å². The predicted molar refractivity (Wildman–Crippen MR) is 111 cm³/mol. The number of hydrogen-bond donors (Lipinski definition) is 0. The predicted octanol–water partition coefficient (Wildman–Crippen LogP) is 4.33. The minimum atomic E-state index is -0.842. The zero-order valence-corrected chi connectivity index (χ0v) is 17.2. The topological polar surface area (TPSA) is 61.8 Å². The Morgan fingerprint density at radius 1 is 1.07 bits per heavy atom. The van der Waals surface area contributed by atoms with Crippen molar-refractivity contribution in [1.82, 2.24) is 0 Å². The van der Waals surface area contributed by atoms with Crippen LogP contribution in [0.5, 0.6) is 11.5 Å². The third-order valence-electron chi connectivity index (χ3n) is 5.27. The molecule has 1 aliphatic carbocycles. The number of hydrogen-bond acceptors (Lipinski definition) is 5.